The molecule has 7 aliphatic rings. The van der Waals surface area contributed by atoms with Crippen molar-refractivity contribution in [3.05, 3.63) is 46.8 Å². The van der Waals surface area contributed by atoms with Crippen LogP contribution in [0.15, 0.2) is 46.8 Å². The van der Waals surface area contributed by atoms with E-state index in [9.17, 15) is 10.0 Å². The quantitative estimate of drug-likeness (QED) is 0.680. The van der Waals surface area contributed by atoms with Crippen molar-refractivity contribution in [2.24, 2.45) is 40.9 Å². The number of ether oxygens (including phenoxy) is 1. The van der Waals surface area contributed by atoms with E-state index in [1.54, 1.807) is 16.7 Å². The van der Waals surface area contributed by atoms with Crippen LogP contribution in [0.1, 0.15) is 46.0 Å². The minimum absolute atomic E-state index is 0.154. The first-order valence-corrected chi connectivity index (χ1v) is 11.4. The molecule has 9 atom stereocenters. The Kier molecular flexibility index (Phi) is 2.89. The summed E-state index contributed by atoms with van der Waals surface area (Å²) in [5.41, 5.74) is 4.68. The molecule has 4 heteroatoms. The Labute approximate surface area is 167 Å². The summed E-state index contributed by atoms with van der Waals surface area (Å²) in [5.74, 6) is 4.09. The maximum absolute atomic E-state index is 10.3. The summed E-state index contributed by atoms with van der Waals surface area (Å²) in [5, 5.41) is 20.6. The lowest BCUT2D eigenvalue weighted by molar-refractivity contribution is -0.0000703. The molecule has 0 amide bonds. The molecule has 2 spiro atoms. The third kappa shape index (κ3) is 1.55. The zero-order valence-corrected chi connectivity index (χ0v) is 16.8. The molecule has 1 aliphatic heterocycles. The smallest absolute Gasteiger partial charge is 0.459 e. The topological polar surface area (TPSA) is 49.7 Å². The lowest BCUT2D eigenvalue weighted by Crippen LogP contribution is -2.47. The summed E-state index contributed by atoms with van der Waals surface area (Å²) in [6.07, 6.45) is 15.3. The van der Waals surface area contributed by atoms with E-state index in [0.29, 0.717) is 35.5 Å². The highest BCUT2D eigenvalue weighted by molar-refractivity contribution is 6.44. The van der Waals surface area contributed by atoms with E-state index >= 15 is 0 Å². The normalized spacial score (nSPS) is 54.1. The van der Waals surface area contributed by atoms with Crippen LogP contribution in [0.3, 0.4) is 0 Å². The summed E-state index contributed by atoms with van der Waals surface area (Å²) in [6.45, 7) is 4.62. The van der Waals surface area contributed by atoms with Gasteiger partial charge in [0.25, 0.3) is 0 Å². The maximum atomic E-state index is 10.3. The van der Waals surface area contributed by atoms with E-state index < -0.39 is 7.12 Å². The molecule has 0 aromatic carbocycles. The third-order valence-corrected chi connectivity index (χ3v) is 10.0. The van der Waals surface area contributed by atoms with Crippen molar-refractivity contribution in [3.8, 4) is 0 Å². The van der Waals surface area contributed by atoms with E-state index in [1.165, 1.54) is 19.3 Å². The van der Waals surface area contributed by atoms with Gasteiger partial charge in [-0.05, 0) is 78.9 Å². The molecule has 7 rings (SSSR count). The second kappa shape index (κ2) is 4.90. The largest absolute Gasteiger partial charge is 0.487 e. The highest BCUT2D eigenvalue weighted by atomic mass is 16.5. The molecule has 6 aliphatic carbocycles. The van der Waals surface area contributed by atoms with Crippen molar-refractivity contribution in [1.29, 1.82) is 0 Å². The number of hydrogen-bond donors (Lipinski definition) is 2. The second-order valence-electron chi connectivity index (χ2n) is 10.9. The number of fused-ring (bicyclic) bond motifs is 4. The lowest BCUT2D eigenvalue weighted by Gasteiger charge is -2.46. The molecule has 0 radical (unpaired) electrons. The molecule has 0 aromatic heterocycles. The van der Waals surface area contributed by atoms with Gasteiger partial charge in [0, 0.05) is 17.2 Å². The Bertz CT molecular complexity index is 913. The molecule has 0 aromatic rings. The van der Waals surface area contributed by atoms with Crippen LogP contribution in [0.5, 0.6) is 0 Å². The minimum Gasteiger partial charge on any atom is -0.487 e. The van der Waals surface area contributed by atoms with E-state index in [2.05, 4.69) is 38.2 Å². The number of allylic oxidation sites excluding steroid dienone is 6. The molecule has 146 valence electrons. The molecule has 1 heterocycles. The fourth-order valence-electron chi connectivity index (χ4n) is 9.32. The summed E-state index contributed by atoms with van der Waals surface area (Å²) in [7, 11) is -1.28. The zero-order valence-electron chi connectivity index (χ0n) is 16.8. The van der Waals surface area contributed by atoms with Crippen molar-refractivity contribution >= 4 is 7.12 Å². The van der Waals surface area contributed by atoms with E-state index in [-0.39, 0.29) is 16.8 Å². The highest BCUT2D eigenvalue weighted by Crippen LogP contribution is 2.77. The predicted octanol–water partition coefficient (Wildman–Crippen LogP) is 4.02. The predicted molar refractivity (Wildman–Crippen MR) is 108 cm³/mol. The summed E-state index contributed by atoms with van der Waals surface area (Å²) >= 11 is 0. The second-order valence-corrected chi connectivity index (χ2v) is 10.9. The van der Waals surface area contributed by atoms with Gasteiger partial charge in [0.05, 0.1) is 0 Å². The van der Waals surface area contributed by atoms with Crippen LogP contribution >= 0.6 is 0 Å². The summed E-state index contributed by atoms with van der Waals surface area (Å²) in [4.78, 5) is 0. The van der Waals surface area contributed by atoms with E-state index in [4.69, 9.17) is 4.74 Å². The van der Waals surface area contributed by atoms with Gasteiger partial charge in [0.15, 0.2) is 0 Å². The van der Waals surface area contributed by atoms with Crippen molar-refractivity contribution in [2.45, 2.75) is 57.4 Å². The first-order chi connectivity index (χ1) is 13.5. The Balaban J connectivity index is 1.42. The van der Waals surface area contributed by atoms with Gasteiger partial charge in [0.2, 0.25) is 0 Å². The van der Waals surface area contributed by atoms with Gasteiger partial charge < -0.3 is 14.8 Å². The fourth-order valence-corrected chi connectivity index (χ4v) is 9.32. The molecular formula is C24H29BO3. The average Bonchev–Trinajstić information content (AvgIpc) is 3.38. The summed E-state index contributed by atoms with van der Waals surface area (Å²) in [6, 6.07) is 0. The Morgan fingerprint density at radius 2 is 1.96 bits per heavy atom. The molecule has 3 fully saturated rings. The van der Waals surface area contributed by atoms with Crippen molar-refractivity contribution < 1.29 is 14.8 Å². The van der Waals surface area contributed by atoms with Gasteiger partial charge in [-0.2, -0.15) is 0 Å². The summed E-state index contributed by atoms with van der Waals surface area (Å²) < 4.78 is 6.81. The Morgan fingerprint density at radius 1 is 1.11 bits per heavy atom. The lowest BCUT2D eigenvalue weighted by atomic mass is 9.51. The van der Waals surface area contributed by atoms with E-state index in [0.717, 1.165) is 18.6 Å². The molecular weight excluding hydrogens is 347 g/mol. The zero-order chi connectivity index (χ0) is 19.0. The van der Waals surface area contributed by atoms with Crippen LogP contribution in [0, 0.1) is 40.9 Å². The molecule has 2 N–H and O–H groups in total. The molecule has 9 unspecified atom stereocenters. The van der Waals surface area contributed by atoms with E-state index in [1.807, 2.05) is 0 Å². The van der Waals surface area contributed by atoms with Crippen LogP contribution < -0.4 is 0 Å². The first kappa shape index (κ1) is 16.5. The standard InChI is InChI=1S/C24H29BO3/c1-12-4-3-5-17-15-8-16-6-7-19-21(23(16,10-15)20(12)17)18-9-14-11-24(18,28-19)22(13(14)2)25(26)27/h3,5-7,12-16,18,22,26-27H,4,8-11H2,1-2H3. The highest BCUT2D eigenvalue weighted by Gasteiger charge is 2.74. The van der Waals surface area contributed by atoms with Gasteiger partial charge in [-0.1, -0.05) is 37.6 Å². The van der Waals surface area contributed by atoms with Gasteiger partial charge in [0.1, 0.15) is 11.4 Å². The maximum Gasteiger partial charge on any atom is 0.459 e. The molecule has 3 nitrogen and oxygen atoms in total. The van der Waals surface area contributed by atoms with Gasteiger partial charge in [-0.15, -0.1) is 0 Å². The van der Waals surface area contributed by atoms with Crippen molar-refractivity contribution in [1.82, 2.24) is 0 Å². The van der Waals surface area contributed by atoms with Crippen molar-refractivity contribution in [3.63, 3.8) is 0 Å². The first-order valence-electron chi connectivity index (χ1n) is 11.4. The fraction of sp³-hybridized carbons (Fsp3) is 0.667. The number of rotatable bonds is 1. The number of hydrogen-bond acceptors (Lipinski definition) is 3. The SMILES string of the molecule is CC1CC=CC2=C1C13CC2CC1C=CC1=C3C2CC3CC2(O1)C(B(O)O)C3C. The Hall–Kier alpha value is -1.26. The van der Waals surface area contributed by atoms with Gasteiger partial charge in [-0.25, -0.2) is 0 Å². The minimum atomic E-state index is -1.28. The van der Waals surface area contributed by atoms with Crippen LogP contribution in [0.2, 0.25) is 5.82 Å². The van der Waals surface area contributed by atoms with Crippen LogP contribution in [-0.2, 0) is 4.74 Å². The average molecular weight is 376 g/mol. The van der Waals surface area contributed by atoms with Gasteiger partial charge in [-0.3, -0.25) is 0 Å². The molecule has 28 heavy (non-hydrogen) atoms. The Morgan fingerprint density at radius 3 is 2.79 bits per heavy atom. The van der Waals surface area contributed by atoms with Crippen LogP contribution in [0.4, 0.5) is 0 Å². The van der Waals surface area contributed by atoms with Gasteiger partial charge >= 0.3 is 7.12 Å². The molecule has 0 saturated heterocycles. The van der Waals surface area contributed by atoms with Crippen LogP contribution in [0.25, 0.3) is 0 Å². The van der Waals surface area contributed by atoms with Crippen LogP contribution in [-0.4, -0.2) is 22.8 Å². The monoisotopic (exact) mass is 376 g/mol. The molecule has 3 saturated carbocycles. The molecule has 4 bridgehead atoms. The third-order valence-electron chi connectivity index (χ3n) is 10.0. The van der Waals surface area contributed by atoms with Crippen molar-refractivity contribution in [2.75, 3.05) is 0 Å².